The molecule has 0 aliphatic heterocycles. The number of hydrogen-bond donors (Lipinski definition) is 1. The van der Waals surface area contributed by atoms with Gasteiger partial charge in [0.25, 0.3) is 0 Å². The topological polar surface area (TPSA) is 79.4 Å². The van der Waals surface area contributed by atoms with Crippen molar-refractivity contribution in [1.82, 2.24) is 20.0 Å². The number of hydrogen-bond acceptors (Lipinski definition) is 5. The van der Waals surface area contributed by atoms with Gasteiger partial charge in [0, 0.05) is 13.2 Å². The van der Waals surface area contributed by atoms with Crippen LogP contribution >= 0.6 is 0 Å². The SMILES string of the molecule is CCc1nnc(NCc2ccnn2C)c(C#N)c1CC. The lowest BCUT2D eigenvalue weighted by molar-refractivity contribution is 0.718. The van der Waals surface area contributed by atoms with Crippen LogP contribution < -0.4 is 5.32 Å². The van der Waals surface area contributed by atoms with E-state index >= 15 is 0 Å². The standard InChI is InChI=1S/C14H18N6/c1-4-11-12(8-15)14(19-18-13(11)5-2)16-9-10-6-7-17-20(10)3/h6-7H,4-5,9H2,1-3H3,(H,16,19). The van der Waals surface area contributed by atoms with E-state index in [1.54, 1.807) is 10.9 Å². The Morgan fingerprint density at radius 1 is 1.30 bits per heavy atom. The molecule has 0 radical (unpaired) electrons. The molecule has 0 unspecified atom stereocenters. The van der Waals surface area contributed by atoms with E-state index in [0.29, 0.717) is 17.9 Å². The first kappa shape index (κ1) is 14.0. The molecule has 0 bridgehead atoms. The molecule has 0 saturated carbocycles. The van der Waals surface area contributed by atoms with E-state index in [1.165, 1.54) is 0 Å². The second kappa shape index (κ2) is 6.15. The van der Waals surface area contributed by atoms with Crippen molar-refractivity contribution in [3.05, 3.63) is 34.8 Å². The Morgan fingerprint density at radius 2 is 2.10 bits per heavy atom. The molecule has 0 spiro atoms. The summed E-state index contributed by atoms with van der Waals surface area (Å²) in [4.78, 5) is 0. The minimum absolute atomic E-state index is 0.544. The van der Waals surface area contributed by atoms with E-state index in [9.17, 15) is 5.26 Å². The Labute approximate surface area is 118 Å². The fraction of sp³-hybridized carbons (Fsp3) is 0.429. The third-order valence-electron chi connectivity index (χ3n) is 3.32. The molecule has 0 amide bonds. The number of nitriles is 1. The van der Waals surface area contributed by atoms with Gasteiger partial charge in [0.15, 0.2) is 5.82 Å². The number of nitrogens with zero attached hydrogens (tertiary/aromatic N) is 5. The van der Waals surface area contributed by atoms with Gasteiger partial charge in [0.1, 0.15) is 11.6 Å². The van der Waals surface area contributed by atoms with E-state index in [1.807, 2.05) is 27.0 Å². The Morgan fingerprint density at radius 3 is 2.65 bits per heavy atom. The molecule has 0 atom stereocenters. The smallest absolute Gasteiger partial charge is 0.167 e. The molecular formula is C14H18N6. The summed E-state index contributed by atoms with van der Waals surface area (Å²) < 4.78 is 1.79. The summed E-state index contributed by atoms with van der Waals surface area (Å²) in [6, 6.07) is 4.17. The molecule has 0 aliphatic carbocycles. The van der Waals surface area contributed by atoms with Crippen molar-refractivity contribution in [2.75, 3.05) is 5.32 Å². The zero-order chi connectivity index (χ0) is 14.5. The van der Waals surface area contributed by atoms with Gasteiger partial charge in [-0.15, -0.1) is 5.10 Å². The van der Waals surface area contributed by atoms with E-state index in [2.05, 4.69) is 26.7 Å². The van der Waals surface area contributed by atoms with Crippen LogP contribution in [0.25, 0.3) is 0 Å². The predicted octanol–water partition coefficient (Wildman–Crippen LogP) is 1.82. The van der Waals surface area contributed by atoms with Crippen LogP contribution in [0.4, 0.5) is 5.82 Å². The molecule has 6 nitrogen and oxygen atoms in total. The number of nitrogens with one attached hydrogen (secondary N) is 1. The minimum Gasteiger partial charge on any atom is -0.362 e. The van der Waals surface area contributed by atoms with E-state index < -0.39 is 0 Å². The molecule has 0 aromatic carbocycles. The van der Waals surface area contributed by atoms with Gasteiger partial charge in [-0.25, -0.2) is 0 Å². The lowest BCUT2D eigenvalue weighted by Crippen LogP contribution is -2.11. The van der Waals surface area contributed by atoms with Gasteiger partial charge in [0.2, 0.25) is 0 Å². The van der Waals surface area contributed by atoms with Crippen molar-refractivity contribution in [2.45, 2.75) is 33.2 Å². The molecule has 2 rings (SSSR count). The highest BCUT2D eigenvalue weighted by Crippen LogP contribution is 2.20. The monoisotopic (exact) mass is 270 g/mol. The number of aryl methyl sites for hydroxylation is 2. The Kier molecular flexibility index (Phi) is 4.31. The maximum absolute atomic E-state index is 9.39. The predicted molar refractivity (Wildman–Crippen MR) is 76.0 cm³/mol. The van der Waals surface area contributed by atoms with Crippen molar-refractivity contribution in [3.63, 3.8) is 0 Å². The minimum atomic E-state index is 0.544. The van der Waals surface area contributed by atoms with Crippen LogP contribution in [0, 0.1) is 11.3 Å². The molecule has 0 fully saturated rings. The largest absolute Gasteiger partial charge is 0.362 e. The summed E-state index contributed by atoms with van der Waals surface area (Å²) >= 11 is 0. The second-order valence-electron chi connectivity index (χ2n) is 4.47. The van der Waals surface area contributed by atoms with Crippen LogP contribution in [0.2, 0.25) is 0 Å². The zero-order valence-corrected chi connectivity index (χ0v) is 12.0. The highest BCUT2D eigenvalue weighted by Gasteiger charge is 2.14. The summed E-state index contributed by atoms with van der Waals surface area (Å²) in [7, 11) is 1.88. The number of anilines is 1. The summed E-state index contributed by atoms with van der Waals surface area (Å²) in [5.74, 6) is 0.544. The second-order valence-corrected chi connectivity index (χ2v) is 4.47. The van der Waals surface area contributed by atoms with Gasteiger partial charge in [-0.3, -0.25) is 4.68 Å². The van der Waals surface area contributed by atoms with Gasteiger partial charge in [-0.05, 0) is 24.5 Å². The number of aromatic nitrogens is 4. The van der Waals surface area contributed by atoms with Crippen LogP contribution in [0.15, 0.2) is 12.3 Å². The third-order valence-corrected chi connectivity index (χ3v) is 3.32. The fourth-order valence-electron chi connectivity index (χ4n) is 2.17. The molecule has 104 valence electrons. The lowest BCUT2D eigenvalue weighted by atomic mass is 10.0. The van der Waals surface area contributed by atoms with Crippen molar-refractivity contribution in [1.29, 1.82) is 5.26 Å². The lowest BCUT2D eigenvalue weighted by Gasteiger charge is -2.12. The average molecular weight is 270 g/mol. The van der Waals surface area contributed by atoms with Gasteiger partial charge < -0.3 is 5.32 Å². The van der Waals surface area contributed by atoms with Crippen molar-refractivity contribution < 1.29 is 0 Å². The van der Waals surface area contributed by atoms with Gasteiger partial charge in [-0.1, -0.05) is 13.8 Å². The Hall–Kier alpha value is -2.42. The Bertz CT molecular complexity index is 638. The molecule has 1 N–H and O–H groups in total. The third kappa shape index (κ3) is 2.62. The molecule has 2 heterocycles. The molecule has 20 heavy (non-hydrogen) atoms. The first-order valence-electron chi connectivity index (χ1n) is 6.70. The highest BCUT2D eigenvalue weighted by atomic mass is 15.3. The first-order valence-corrected chi connectivity index (χ1v) is 6.70. The first-order chi connectivity index (χ1) is 9.71. The zero-order valence-electron chi connectivity index (χ0n) is 12.0. The summed E-state index contributed by atoms with van der Waals surface area (Å²) in [5.41, 5.74) is 3.50. The highest BCUT2D eigenvalue weighted by molar-refractivity contribution is 5.56. The molecular weight excluding hydrogens is 252 g/mol. The molecule has 0 aliphatic rings. The van der Waals surface area contributed by atoms with E-state index in [-0.39, 0.29) is 0 Å². The maximum Gasteiger partial charge on any atom is 0.167 e. The van der Waals surface area contributed by atoms with Crippen LogP contribution in [0.1, 0.15) is 36.4 Å². The normalized spacial score (nSPS) is 10.3. The van der Waals surface area contributed by atoms with Crippen LogP contribution in [0.3, 0.4) is 0 Å². The van der Waals surface area contributed by atoms with Crippen molar-refractivity contribution in [3.8, 4) is 6.07 Å². The average Bonchev–Trinajstić information content (AvgIpc) is 2.89. The van der Waals surface area contributed by atoms with E-state index in [4.69, 9.17) is 0 Å². The summed E-state index contributed by atoms with van der Waals surface area (Å²) in [6.07, 6.45) is 3.31. The summed E-state index contributed by atoms with van der Waals surface area (Å²) in [5, 5.41) is 25.0. The molecule has 0 saturated heterocycles. The molecule has 6 heteroatoms. The molecule has 2 aromatic heterocycles. The Balaban J connectivity index is 2.28. The van der Waals surface area contributed by atoms with Crippen LogP contribution in [-0.4, -0.2) is 20.0 Å². The van der Waals surface area contributed by atoms with Crippen LogP contribution in [-0.2, 0) is 26.4 Å². The quantitative estimate of drug-likeness (QED) is 0.896. The molecule has 2 aromatic rings. The van der Waals surface area contributed by atoms with Crippen molar-refractivity contribution in [2.24, 2.45) is 7.05 Å². The fourth-order valence-corrected chi connectivity index (χ4v) is 2.17. The van der Waals surface area contributed by atoms with Crippen LogP contribution in [0.5, 0.6) is 0 Å². The maximum atomic E-state index is 9.39. The van der Waals surface area contributed by atoms with Gasteiger partial charge in [-0.2, -0.15) is 15.5 Å². The van der Waals surface area contributed by atoms with Gasteiger partial charge in [0.05, 0.1) is 17.9 Å². The summed E-state index contributed by atoms with van der Waals surface area (Å²) in [6.45, 7) is 4.61. The van der Waals surface area contributed by atoms with Crippen molar-refractivity contribution >= 4 is 5.82 Å². The van der Waals surface area contributed by atoms with Gasteiger partial charge >= 0.3 is 0 Å². The number of rotatable bonds is 5. The van der Waals surface area contributed by atoms with E-state index in [0.717, 1.165) is 29.8 Å².